The topological polar surface area (TPSA) is 55.1 Å². The Morgan fingerprint density at radius 3 is 2.60 bits per heavy atom. The quantitative estimate of drug-likeness (QED) is 0.917. The van der Waals surface area contributed by atoms with Crippen molar-refractivity contribution < 1.29 is 9.90 Å². The molecule has 0 spiro atoms. The van der Waals surface area contributed by atoms with Gasteiger partial charge in [-0.2, -0.15) is 5.10 Å². The predicted octanol–water partition coefficient (Wildman–Crippen LogP) is 3.49. The lowest BCUT2D eigenvalue weighted by atomic mass is 9.91. The minimum atomic E-state index is -0.732. The van der Waals surface area contributed by atoms with Gasteiger partial charge < -0.3 is 5.11 Å². The molecular formula is C15H15ClN2O2. The molecule has 0 aliphatic heterocycles. The number of hydrogen-bond donors (Lipinski definition) is 1. The molecule has 1 heterocycles. The highest BCUT2D eigenvalue weighted by Crippen LogP contribution is 2.44. The molecule has 1 N–H and O–H groups in total. The summed E-state index contributed by atoms with van der Waals surface area (Å²) in [4.78, 5) is 11.0. The number of carboxylic acids is 1. The van der Waals surface area contributed by atoms with Crippen molar-refractivity contribution in [1.29, 1.82) is 0 Å². The fourth-order valence-corrected chi connectivity index (χ4v) is 2.70. The van der Waals surface area contributed by atoms with Gasteiger partial charge in [-0.05, 0) is 42.4 Å². The van der Waals surface area contributed by atoms with Gasteiger partial charge in [-0.25, -0.2) is 4.68 Å². The number of nitrogens with zero attached hydrogens (tertiary/aromatic N) is 2. The molecule has 104 valence electrons. The largest absolute Gasteiger partial charge is 0.481 e. The van der Waals surface area contributed by atoms with E-state index in [0.29, 0.717) is 10.9 Å². The maximum absolute atomic E-state index is 11.0. The molecule has 2 aromatic rings. The average molecular weight is 291 g/mol. The van der Waals surface area contributed by atoms with Crippen LogP contribution in [-0.4, -0.2) is 20.9 Å². The molecule has 0 bridgehead atoms. The van der Waals surface area contributed by atoms with Crippen molar-refractivity contribution in [3.05, 3.63) is 47.2 Å². The summed E-state index contributed by atoms with van der Waals surface area (Å²) in [7, 11) is 0. The first-order chi connectivity index (χ1) is 9.63. The summed E-state index contributed by atoms with van der Waals surface area (Å²) in [5, 5.41) is 13.8. The van der Waals surface area contributed by atoms with Crippen molar-refractivity contribution in [1.82, 2.24) is 9.78 Å². The van der Waals surface area contributed by atoms with Crippen LogP contribution in [0.3, 0.4) is 0 Å². The summed E-state index contributed by atoms with van der Waals surface area (Å²) in [6, 6.07) is 7.90. The second kappa shape index (κ2) is 5.29. The standard InChI is InChI=1S/C15H15ClN2O2/c16-12-8-17-18(9-12)13-5-3-11(4-6-13)14(7-15(19)20)10-1-2-10/h3-6,8-10,14H,1-2,7H2,(H,19,20). The van der Waals surface area contributed by atoms with Gasteiger partial charge in [0.25, 0.3) is 0 Å². The van der Waals surface area contributed by atoms with E-state index in [-0.39, 0.29) is 12.3 Å². The van der Waals surface area contributed by atoms with Crippen LogP contribution in [-0.2, 0) is 4.79 Å². The molecule has 1 fully saturated rings. The molecule has 0 radical (unpaired) electrons. The highest BCUT2D eigenvalue weighted by molar-refractivity contribution is 6.30. The van der Waals surface area contributed by atoms with Gasteiger partial charge in [-0.15, -0.1) is 0 Å². The molecule has 20 heavy (non-hydrogen) atoms. The molecule has 1 aliphatic carbocycles. The van der Waals surface area contributed by atoms with Crippen LogP contribution in [0.15, 0.2) is 36.7 Å². The predicted molar refractivity (Wildman–Crippen MR) is 76.3 cm³/mol. The van der Waals surface area contributed by atoms with Gasteiger partial charge in [0.05, 0.1) is 23.3 Å². The Labute approximate surface area is 122 Å². The van der Waals surface area contributed by atoms with Crippen molar-refractivity contribution >= 4 is 17.6 Å². The van der Waals surface area contributed by atoms with Crippen molar-refractivity contribution in [3.63, 3.8) is 0 Å². The number of carboxylic acid groups (broad SMARTS) is 1. The van der Waals surface area contributed by atoms with Crippen LogP contribution < -0.4 is 0 Å². The second-order valence-electron chi connectivity index (χ2n) is 5.24. The Hall–Kier alpha value is -1.81. The first-order valence-electron chi connectivity index (χ1n) is 6.66. The lowest BCUT2D eigenvalue weighted by molar-refractivity contribution is -0.137. The second-order valence-corrected chi connectivity index (χ2v) is 5.67. The van der Waals surface area contributed by atoms with E-state index in [1.807, 2.05) is 24.3 Å². The van der Waals surface area contributed by atoms with Gasteiger partial charge in [0, 0.05) is 6.20 Å². The molecule has 0 amide bonds. The third-order valence-corrected chi connectivity index (χ3v) is 3.92. The zero-order valence-electron chi connectivity index (χ0n) is 10.9. The van der Waals surface area contributed by atoms with Crippen LogP contribution >= 0.6 is 11.6 Å². The van der Waals surface area contributed by atoms with E-state index >= 15 is 0 Å². The number of carbonyl (C=O) groups is 1. The maximum Gasteiger partial charge on any atom is 0.303 e. The fraction of sp³-hybridized carbons (Fsp3) is 0.333. The fourth-order valence-electron chi connectivity index (χ4n) is 2.56. The molecule has 1 aliphatic rings. The molecule has 1 atom stereocenters. The van der Waals surface area contributed by atoms with Crippen molar-refractivity contribution in [2.45, 2.75) is 25.2 Å². The highest BCUT2D eigenvalue weighted by atomic mass is 35.5. The van der Waals surface area contributed by atoms with Crippen molar-refractivity contribution in [2.75, 3.05) is 0 Å². The Bertz CT molecular complexity index is 617. The number of halogens is 1. The van der Waals surface area contributed by atoms with Crippen LogP contribution in [0, 0.1) is 5.92 Å². The molecule has 3 rings (SSSR count). The van der Waals surface area contributed by atoms with Gasteiger partial charge in [-0.3, -0.25) is 4.79 Å². The Morgan fingerprint density at radius 1 is 1.40 bits per heavy atom. The summed E-state index contributed by atoms with van der Waals surface area (Å²) in [6.45, 7) is 0. The van der Waals surface area contributed by atoms with E-state index in [2.05, 4.69) is 5.10 Å². The molecule has 1 unspecified atom stereocenters. The monoisotopic (exact) mass is 290 g/mol. The van der Waals surface area contributed by atoms with E-state index in [1.54, 1.807) is 17.1 Å². The van der Waals surface area contributed by atoms with Gasteiger partial charge in [0.2, 0.25) is 0 Å². The van der Waals surface area contributed by atoms with Crippen LogP contribution in [0.25, 0.3) is 5.69 Å². The molecule has 1 aromatic carbocycles. The zero-order chi connectivity index (χ0) is 14.1. The molecular weight excluding hydrogens is 276 g/mol. The SMILES string of the molecule is O=C(O)CC(c1ccc(-n2cc(Cl)cn2)cc1)C1CC1. The van der Waals surface area contributed by atoms with Crippen molar-refractivity contribution in [3.8, 4) is 5.69 Å². The number of hydrogen-bond acceptors (Lipinski definition) is 2. The summed E-state index contributed by atoms with van der Waals surface area (Å²) >= 11 is 5.85. The maximum atomic E-state index is 11.0. The Balaban J connectivity index is 1.82. The molecule has 0 saturated heterocycles. The Morgan fingerprint density at radius 2 is 2.10 bits per heavy atom. The van der Waals surface area contributed by atoms with E-state index in [0.717, 1.165) is 24.1 Å². The van der Waals surface area contributed by atoms with Crippen molar-refractivity contribution in [2.24, 2.45) is 5.92 Å². The van der Waals surface area contributed by atoms with E-state index < -0.39 is 5.97 Å². The Kier molecular flexibility index (Phi) is 3.49. The third-order valence-electron chi connectivity index (χ3n) is 3.72. The number of aliphatic carboxylic acids is 1. The van der Waals surface area contributed by atoms with Crippen LogP contribution in [0.1, 0.15) is 30.7 Å². The molecule has 5 heteroatoms. The summed E-state index contributed by atoms with van der Waals surface area (Å²) in [5.74, 6) is -0.0799. The lowest BCUT2D eigenvalue weighted by Gasteiger charge is -2.14. The van der Waals surface area contributed by atoms with E-state index in [4.69, 9.17) is 16.7 Å². The van der Waals surface area contributed by atoms with Crippen LogP contribution in [0.4, 0.5) is 0 Å². The number of aromatic nitrogens is 2. The number of benzene rings is 1. The van der Waals surface area contributed by atoms with E-state index in [1.165, 1.54) is 0 Å². The highest BCUT2D eigenvalue weighted by Gasteiger charge is 2.33. The average Bonchev–Trinajstić information content (AvgIpc) is 3.18. The minimum Gasteiger partial charge on any atom is -0.481 e. The number of rotatable bonds is 5. The minimum absolute atomic E-state index is 0.128. The summed E-state index contributed by atoms with van der Waals surface area (Å²) in [6.07, 6.45) is 5.81. The van der Waals surface area contributed by atoms with Gasteiger partial charge in [0.15, 0.2) is 0 Å². The smallest absolute Gasteiger partial charge is 0.303 e. The normalized spacial score (nSPS) is 16.1. The van der Waals surface area contributed by atoms with Gasteiger partial charge >= 0.3 is 5.97 Å². The zero-order valence-corrected chi connectivity index (χ0v) is 11.6. The molecule has 1 saturated carbocycles. The van der Waals surface area contributed by atoms with E-state index in [9.17, 15) is 4.79 Å². The molecule has 4 nitrogen and oxygen atoms in total. The van der Waals surface area contributed by atoms with Gasteiger partial charge in [0.1, 0.15) is 0 Å². The lowest BCUT2D eigenvalue weighted by Crippen LogP contribution is -2.08. The first-order valence-corrected chi connectivity index (χ1v) is 7.03. The van der Waals surface area contributed by atoms with Crippen LogP contribution in [0.2, 0.25) is 5.02 Å². The first kappa shape index (κ1) is 13.2. The van der Waals surface area contributed by atoms with Gasteiger partial charge in [-0.1, -0.05) is 23.7 Å². The summed E-state index contributed by atoms with van der Waals surface area (Å²) in [5.41, 5.74) is 2.02. The molecule has 1 aromatic heterocycles. The summed E-state index contributed by atoms with van der Waals surface area (Å²) < 4.78 is 1.70. The van der Waals surface area contributed by atoms with Crippen LogP contribution in [0.5, 0.6) is 0 Å². The third kappa shape index (κ3) is 2.85.